The average Bonchev–Trinajstić information content (AvgIpc) is 2.89. The van der Waals surface area contributed by atoms with Crippen LogP contribution in [0.4, 0.5) is 4.39 Å². The van der Waals surface area contributed by atoms with Gasteiger partial charge in [0.05, 0.1) is 20.8 Å². The third-order valence-corrected chi connectivity index (χ3v) is 3.44. The van der Waals surface area contributed by atoms with Crippen LogP contribution in [0, 0.1) is 17.8 Å². The lowest BCUT2D eigenvalue weighted by Crippen LogP contribution is -2.31. The van der Waals surface area contributed by atoms with Gasteiger partial charge in [0.2, 0.25) is 0 Å². The molecule has 1 N–H and O–H groups in total. The molecule has 3 atom stereocenters. The number of hydrogen-bond acceptors (Lipinski definition) is 4. The fourth-order valence-corrected chi connectivity index (χ4v) is 2.49. The Morgan fingerprint density at radius 2 is 2.21 bits per heavy atom. The van der Waals surface area contributed by atoms with Gasteiger partial charge >= 0.3 is 5.97 Å². The van der Waals surface area contributed by atoms with Gasteiger partial charge in [-0.05, 0) is 6.08 Å². The van der Waals surface area contributed by atoms with Crippen LogP contribution in [0.25, 0.3) is 0 Å². The third-order valence-electron chi connectivity index (χ3n) is 3.44. The lowest BCUT2D eigenvalue weighted by atomic mass is 9.84. The SMILES string of the molecule is COC1=CC(C2CN(OC)C(=O)[C@H]2C(=O)O)C(F)=C1. The van der Waals surface area contributed by atoms with Crippen LogP contribution in [-0.2, 0) is 19.2 Å². The van der Waals surface area contributed by atoms with E-state index < -0.39 is 35.5 Å². The van der Waals surface area contributed by atoms with E-state index in [1.54, 1.807) is 0 Å². The van der Waals surface area contributed by atoms with Gasteiger partial charge in [0.25, 0.3) is 5.91 Å². The van der Waals surface area contributed by atoms with E-state index in [1.807, 2.05) is 0 Å². The maximum Gasteiger partial charge on any atom is 0.316 e. The van der Waals surface area contributed by atoms with E-state index in [4.69, 9.17) is 14.7 Å². The minimum Gasteiger partial charge on any atom is -0.497 e. The standard InChI is InChI=1S/C12H14FNO5/c1-18-6-3-7(9(13)4-6)8-5-14(19-2)11(15)10(8)12(16)17/h3-4,7-8,10H,5H2,1-2H3,(H,16,17)/t7?,8?,10-/m0/s1. The number of nitrogens with zero attached hydrogens (tertiary/aromatic N) is 1. The summed E-state index contributed by atoms with van der Waals surface area (Å²) in [6.45, 7) is 0.0335. The topological polar surface area (TPSA) is 76.1 Å². The van der Waals surface area contributed by atoms with Crippen molar-refractivity contribution in [2.45, 2.75) is 0 Å². The van der Waals surface area contributed by atoms with Gasteiger partial charge in [0.1, 0.15) is 17.5 Å². The van der Waals surface area contributed by atoms with Crippen molar-refractivity contribution >= 4 is 11.9 Å². The molecule has 2 unspecified atom stereocenters. The molecule has 0 bridgehead atoms. The summed E-state index contributed by atoms with van der Waals surface area (Å²) in [6.07, 6.45) is 2.69. The Morgan fingerprint density at radius 1 is 1.53 bits per heavy atom. The van der Waals surface area contributed by atoms with Crippen molar-refractivity contribution in [3.63, 3.8) is 0 Å². The molecule has 1 aliphatic carbocycles. The summed E-state index contributed by atoms with van der Waals surface area (Å²) in [5, 5.41) is 10.1. The van der Waals surface area contributed by atoms with Crippen LogP contribution in [0.1, 0.15) is 0 Å². The summed E-state index contributed by atoms with van der Waals surface area (Å²) in [6, 6.07) is 0. The Hall–Kier alpha value is -1.89. The summed E-state index contributed by atoms with van der Waals surface area (Å²) >= 11 is 0. The second kappa shape index (κ2) is 5.00. The van der Waals surface area contributed by atoms with Crippen molar-refractivity contribution in [3.8, 4) is 0 Å². The van der Waals surface area contributed by atoms with Crippen molar-refractivity contribution in [1.82, 2.24) is 5.06 Å². The number of amides is 1. The molecule has 6 nitrogen and oxygen atoms in total. The number of methoxy groups -OCH3 is 1. The van der Waals surface area contributed by atoms with Gasteiger partial charge in [-0.3, -0.25) is 14.4 Å². The molecule has 2 aliphatic rings. The van der Waals surface area contributed by atoms with Crippen LogP contribution in [0.5, 0.6) is 0 Å². The largest absolute Gasteiger partial charge is 0.497 e. The molecule has 1 heterocycles. The number of allylic oxidation sites excluding steroid dienone is 3. The van der Waals surface area contributed by atoms with Crippen LogP contribution in [0.3, 0.4) is 0 Å². The predicted octanol–water partition coefficient (Wildman–Crippen LogP) is 0.720. The zero-order chi connectivity index (χ0) is 14.2. The minimum absolute atomic E-state index is 0.0335. The molecule has 7 heteroatoms. The van der Waals surface area contributed by atoms with E-state index >= 15 is 0 Å². The van der Waals surface area contributed by atoms with Crippen LogP contribution in [0.15, 0.2) is 23.7 Å². The highest BCUT2D eigenvalue weighted by molar-refractivity contribution is 5.98. The van der Waals surface area contributed by atoms with Gasteiger partial charge in [-0.25, -0.2) is 9.45 Å². The molecule has 1 fully saturated rings. The first-order chi connectivity index (χ1) is 8.99. The molecule has 19 heavy (non-hydrogen) atoms. The number of hydrogen-bond donors (Lipinski definition) is 1. The van der Waals surface area contributed by atoms with Gasteiger partial charge in [0.15, 0.2) is 0 Å². The number of carbonyl (C=O) groups excluding carboxylic acids is 1. The lowest BCUT2D eigenvalue weighted by molar-refractivity contribution is -0.172. The number of aliphatic carboxylic acids is 1. The summed E-state index contributed by atoms with van der Waals surface area (Å²) in [7, 11) is 2.67. The zero-order valence-electron chi connectivity index (χ0n) is 10.5. The van der Waals surface area contributed by atoms with Crippen molar-refractivity contribution in [1.29, 1.82) is 0 Å². The van der Waals surface area contributed by atoms with Crippen LogP contribution < -0.4 is 0 Å². The first kappa shape index (κ1) is 13.5. The molecule has 0 radical (unpaired) electrons. The Bertz CT molecular complexity index is 473. The van der Waals surface area contributed by atoms with E-state index in [0.717, 1.165) is 5.06 Å². The van der Waals surface area contributed by atoms with Crippen molar-refractivity contribution in [3.05, 3.63) is 23.7 Å². The number of carbonyl (C=O) groups is 2. The van der Waals surface area contributed by atoms with Gasteiger partial charge in [-0.15, -0.1) is 0 Å². The average molecular weight is 271 g/mol. The number of carboxylic acids is 1. The van der Waals surface area contributed by atoms with Crippen molar-refractivity contribution in [2.75, 3.05) is 20.8 Å². The maximum absolute atomic E-state index is 13.8. The summed E-state index contributed by atoms with van der Waals surface area (Å²) in [5.74, 6) is -4.91. The Morgan fingerprint density at radius 3 is 2.68 bits per heavy atom. The lowest BCUT2D eigenvalue weighted by Gasteiger charge is -2.18. The highest BCUT2D eigenvalue weighted by atomic mass is 19.1. The number of rotatable bonds is 4. The van der Waals surface area contributed by atoms with E-state index in [2.05, 4.69) is 0 Å². The molecular weight excluding hydrogens is 257 g/mol. The highest BCUT2D eigenvalue weighted by Crippen LogP contribution is 2.40. The van der Waals surface area contributed by atoms with Crippen molar-refractivity contribution < 1.29 is 28.7 Å². The van der Waals surface area contributed by atoms with Crippen LogP contribution >= 0.6 is 0 Å². The molecule has 0 aromatic heterocycles. The maximum atomic E-state index is 13.8. The fraction of sp³-hybridized carbons (Fsp3) is 0.500. The predicted molar refractivity (Wildman–Crippen MR) is 61.1 cm³/mol. The molecular formula is C12H14FNO5. The normalized spacial score (nSPS) is 30.4. The quantitative estimate of drug-likeness (QED) is 0.762. The number of hydroxylamine groups is 2. The second-order valence-corrected chi connectivity index (χ2v) is 4.39. The van der Waals surface area contributed by atoms with Gasteiger partial charge < -0.3 is 9.84 Å². The first-order valence-electron chi connectivity index (χ1n) is 5.70. The molecule has 104 valence electrons. The second-order valence-electron chi connectivity index (χ2n) is 4.39. The van der Waals surface area contributed by atoms with E-state index in [-0.39, 0.29) is 6.54 Å². The number of halogens is 1. The molecule has 1 saturated heterocycles. The van der Waals surface area contributed by atoms with Crippen molar-refractivity contribution in [2.24, 2.45) is 17.8 Å². The van der Waals surface area contributed by atoms with E-state index in [0.29, 0.717) is 5.76 Å². The minimum atomic E-state index is -1.31. The van der Waals surface area contributed by atoms with Crippen LogP contribution in [-0.4, -0.2) is 42.8 Å². The Kier molecular flexibility index (Phi) is 3.57. The summed E-state index contributed by atoms with van der Waals surface area (Å²) in [4.78, 5) is 27.8. The van der Waals surface area contributed by atoms with Gasteiger partial charge in [-0.1, -0.05) is 0 Å². The fourth-order valence-electron chi connectivity index (χ4n) is 2.49. The molecule has 0 spiro atoms. The molecule has 0 aromatic carbocycles. The van der Waals surface area contributed by atoms with Crippen LogP contribution in [0.2, 0.25) is 0 Å². The molecule has 0 saturated carbocycles. The summed E-state index contributed by atoms with van der Waals surface area (Å²) in [5.41, 5.74) is 0. The first-order valence-corrected chi connectivity index (χ1v) is 5.70. The smallest absolute Gasteiger partial charge is 0.316 e. The van der Waals surface area contributed by atoms with E-state index in [9.17, 15) is 14.0 Å². The molecule has 1 aliphatic heterocycles. The Balaban J connectivity index is 2.29. The van der Waals surface area contributed by atoms with E-state index in [1.165, 1.54) is 26.4 Å². The van der Waals surface area contributed by atoms with Gasteiger partial charge in [0, 0.05) is 17.9 Å². The monoisotopic (exact) mass is 271 g/mol. The highest BCUT2D eigenvalue weighted by Gasteiger charge is 2.50. The molecule has 0 aromatic rings. The molecule has 2 rings (SSSR count). The Labute approximate surface area is 109 Å². The number of ether oxygens (including phenoxy) is 1. The van der Waals surface area contributed by atoms with Gasteiger partial charge in [-0.2, -0.15) is 0 Å². The number of carboxylic acid groups (broad SMARTS) is 1. The summed E-state index contributed by atoms with van der Waals surface area (Å²) < 4.78 is 18.8. The third kappa shape index (κ3) is 2.21. The molecule has 1 amide bonds. The zero-order valence-corrected chi connectivity index (χ0v) is 10.5.